The number of hydrogen-bond donors (Lipinski definition) is 6. The molecule has 0 fully saturated rings. The fraction of sp³-hybridized carbons (Fsp3) is 0.391. The number of amides is 2. The zero-order valence-electron chi connectivity index (χ0n) is 19.2. The lowest BCUT2D eigenvalue weighted by atomic mass is 10.1. The summed E-state index contributed by atoms with van der Waals surface area (Å²) >= 11 is 5.53. The van der Waals surface area contributed by atoms with E-state index >= 15 is 0 Å². The maximum absolute atomic E-state index is 11.6. The number of anilines is 1. The van der Waals surface area contributed by atoms with Gasteiger partial charge in [-0.25, -0.2) is 9.59 Å². The van der Waals surface area contributed by atoms with Crippen molar-refractivity contribution >= 4 is 29.3 Å². The van der Waals surface area contributed by atoms with Gasteiger partial charge in [-0.3, -0.25) is 0 Å². The molecule has 0 aliphatic heterocycles. The maximum Gasteiger partial charge on any atom is 0.490 e. The summed E-state index contributed by atoms with van der Waals surface area (Å²) in [5, 5.41) is 35.3. The summed E-state index contributed by atoms with van der Waals surface area (Å²) in [6.45, 7) is 0.810. The van der Waals surface area contributed by atoms with E-state index in [2.05, 4.69) is 16.0 Å². The van der Waals surface area contributed by atoms with Crippen LogP contribution in [0.2, 0.25) is 0 Å². The van der Waals surface area contributed by atoms with E-state index in [1.54, 1.807) is 12.1 Å². The number of aliphatic hydroxyl groups excluding tert-OH is 2. The largest absolute Gasteiger partial charge is 0.491 e. The Morgan fingerprint density at radius 1 is 1.06 bits per heavy atom. The Morgan fingerprint density at radius 2 is 1.67 bits per heavy atom. The highest BCUT2D eigenvalue weighted by molar-refractivity contribution is 6.18. The Kier molecular flexibility index (Phi) is 14.3. The van der Waals surface area contributed by atoms with Crippen LogP contribution in [0.1, 0.15) is 5.56 Å². The number of para-hydroxylation sites is 1. The molecule has 0 bridgehead atoms. The number of nitrogens with one attached hydrogen (secondary N) is 3. The highest BCUT2D eigenvalue weighted by Crippen LogP contribution is 2.13. The Labute approximate surface area is 211 Å². The molecule has 0 radical (unpaired) electrons. The molecule has 0 saturated carbocycles. The molecule has 9 nitrogen and oxygen atoms in total. The molecule has 6 N–H and O–H groups in total. The molecule has 0 aliphatic rings. The fourth-order valence-electron chi connectivity index (χ4n) is 2.62. The van der Waals surface area contributed by atoms with Gasteiger partial charge in [-0.05, 0) is 36.2 Å². The van der Waals surface area contributed by atoms with Gasteiger partial charge in [0, 0.05) is 30.7 Å². The lowest BCUT2D eigenvalue weighted by Crippen LogP contribution is -2.41. The monoisotopic (exact) mass is 535 g/mol. The average Bonchev–Trinajstić information content (AvgIpc) is 2.85. The number of aliphatic carboxylic acids is 1. The van der Waals surface area contributed by atoms with Crippen molar-refractivity contribution < 1.29 is 42.8 Å². The van der Waals surface area contributed by atoms with Crippen LogP contribution in [0.5, 0.6) is 5.75 Å². The summed E-state index contributed by atoms with van der Waals surface area (Å²) < 4.78 is 37.3. The first kappa shape index (κ1) is 31.0. The number of hydrogen-bond acceptors (Lipinski definition) is 6. The Morgan fingerprint density at radius 3 is 2.19 bits per heavy atom. The zero-order chi connectivity index (χ0) is 27.0. The van der Waals surface area contributed by atoms with Gasteiger partial charge < -0.3 is 36.0 Å². The van der Waals surface area contributed by atoms with Crippen LogP contribution in [0.4, 0.5) is 23.7 Å². The topological polar surface area (TPSA) is 140 Å². The van der Waals surface area contributed by atoms with Crippen molar-refractivity contribution in [3.8, 4) is 5.75 Å². The van der Waals surface area contributed by atoms with Crippen molar-refractivity contribution in [3.05, 3.63) is 60.2 Å². The first-order chi connectivity index (χ1) is 17.0. The molecule has 2 atom stereocenters. The number of carbonyl (C=O) groups excluding carboxylic acids is 1. The van der Waals surface area contributed by atoms with Gasteiger partial charge in [-0.1, -0.05) is 30.3 Å². The third kappa shape index (κ3) is 13.7. The second kappa shape index (κ2) is 16.6. The second-order valence-electron chi connectivity index (χ2n) is 7.34. The number of urea groups is 1. The zero-order valence-corrected chi connectivity index (χ0v) is 19.9. The molecule has 13 heteroatoms. The average molecular weight is 536 g/mol. The number of aliphatic hydroxyl groups is 2. The molecule has 2 amide bonds. The summed E-state index contributed by atoms with van der Waals surface area (Å²) in [5.41, 5.74) is 1.67. The molecule has 0 spiro atoms. The molecule has 0 aliphatic carbocycles. The predicted octanol–water partition coefficient (Wildman–Crippen LogP) is 2.61. The number of carboxylic acids is 1. The Balaban J connectivity index is 0.000000809. The van der Waals surface area contributed by atoms with Crippen molar-refractivity contribution in [1.82, 2.24) is 10.6 Å². The highest BCUT2D eigenvalue weighted by Gasteiger charge is 2.38. The minimum absolute atomic E-state index is 0.0624. The van der Waals surface area contributed by atoms with Crippen LogP contribution in [0, 0.1) is 0 Å². The SMILES string of the molecule is O=C(NCCCl)Nc1ccc(C[C@@H](CO)NC[C@H](O)COc2ccccc2)cc1.O=C(O)C(F)(F)F. The summed E-state index contributed by atoms with van der Waals surface area (Å²) in [6.07, 6.45) is -5.19. The molecule has 2 aromatic rings. The van der Waals surface area contributed by atoms with Gasteiger partial charge in [0.05, 0.1) is 6.61 Å². The number of benzene rings is 2. The normalized spacial score (nSPS) is 12.5. The molecule has 200 valence electrons. The molecule has 36 heavy (non-hydrogen) atoms. The third-order valence-electron chi connectivity index (χ3n) is 4.36. The van der Waals surface area contributed by atoms with Crippen LogP contribution in [0.25, 0.3) is 0 Å². The summed E-state index contributed by atoms with van der Waals surface area (Å²) in [5.74, 6) is -1.70. The van der Waals surface area contributed by atoms with E-state index in [0.717, 1.165) is 5.56 Å². The van der Waals surface area contributed by atoms with Crippen molar-refractivity contribution in [1.29, 1.82) is 0 Å². The van der Waals surface area contributed by atoms with E-state index in [1.807, 2.05) is 42.5 Å². The highest BCUT2D eigenvalue weighted by atomic mass is 35.5. The summed E-state index contributed by atoms with van der Waals surface area (Å²) in [6, 6.07) is 16.2. The van der Waals surface area contributed by atoms with Crippen molar-refractivity contribution in [3.63, 3.8) is 0 Å². The summed E-state index contributed by atoms with van der Waals surface area (Å²) in [4.78, 5) is 20.5. The maximum atomic E-state index is 11.6. The first-order valence-corrected chi connectivity index (χ1v) is 11.3. The van der Waals surface area contributed by atoms with Gasteiger partial charge >= 0.3 is 18.2 Å². The molecule has 0 saturated heterocycles. The number of carboxylic acid groups (broad SMARTS) is 1. The van der Waals surface area contributed by atoms with Gasteiger partial charge in [-0.2, -0.15) is 13.2 Å². The van der Waals surface area contributed by atoms with Crippen molar-refractivity contribution in [2.75, 3.05) is 37.5 Å². The quantitative estimate of drug-likeness (QED) is 0.230. The van der Waals surface area contributed by atoms with Crippen LogP contribution in [0.15, 0.2) is 54.6 Å². The van der Waals surface area contributed by atoms with Gasteiger partial charge in [0.25, 0.3) is 0 Å². The smallest absolute Gasteiger partial charge is 0.490 e. The lowest BCUT2D eigenvalue weighted by Gasteiger charge is -2.19. The van der Waals surface area contributed by atoms with Crippen LogP contribution in [0.3, 0.4) is 0 Å². The van der Waals surface area contributed by atoms with Crippen LogP contribution in [-0.2, 0) is 11.2 Å². The van der Waals surface area contributed by atoms with Crippen LogP contribution < -0.4 is 20.7 Å². The van der Waals surface area contributed by atoms with E-state index in [1.165, 1.54) is 0 Å². The molecule has 0 aromatic heterocycles. The standard InChI is InChI=1S/C21H28ClN3O4.C2HF3O2/c22-10-11-23-21(28)25-17-8-6-16(7-9-17)12-18(14-26)24-13-19(27)15-29-20-4-2-1-3-5-20;3-2(4,5)1(6)7/h1-9,18-19,24,26-27H,10-15H2,(H2,23,25,28);(H,6,7)/t18-,19-;/m0./s1. The lowest BCUT2D eigenvalue weighted by molar-refractivity contribution is -0.192. The fourth-order valence-corrected chi connectivity index (χ4v) is 2.71. The minimum Gasteiger partial charge on any atom is -0.491 e. The van der Waals surface area contributed by atoms with Gasteiger partial charge in [0.2, 0.25) is 0 Å². The summed E-state index contributed by atoms with van der Waals surface area (Å²) in [7, 11) is 0. The first-order valence-electron chi connectivity index (χ1n) is 10.7. The second-order valence-corrected chi connectivity index (χ2v) is 7.72. The van der Waals surface area contributed by atoms with Crippen LogP contribution in [-0.4, -0.2) is 77.8 Å². The minimum atomic E-state index is -5.08. The Bertz CT molecular complexity index is 904. The van der Waals surface area contributed by atoms with Crippen molar-refractivity contribution in [2.24, 2.45) is 0 Å². The third-order valence-corrected chi connectivity index (χ3v) is 4.55. The predicted molar refractivity (Wildman–Crippen MR) is 128 cm³/mol. The van der Waals surface area contributed by atoms with E-state index < -0.39 is 18.2 Å². The van der Waals surface area contributed by atoms with E-state index in [4.69, 9.17) is 26.2 Å². The number of halogens is 4. The van der Waals surface area contributed by atoms with Gasteiger partial charge in [0.1, 0.15) is 18.5 Å². The van der Waals surface area contributed by atoms with Gasteiger partial charge in [0.15, 0.2) is 0 Å². The molecule has 2 aromatic carbocycles. The van der Waals surface area contributed by atoms with Crippen molar-refractivity contribution in [2.45, 2.75) is 24.7 Å². The van der Waals surface area contributed by atoms with E-state index in [-0.39, 0.29) is 25.3 Å². The molecule has 2 rings (SSSR count). The number of ether oxygens (including phenoxy) is 1. The van der Waals surface area contributed by atoms with Crippen LogP contribution >= 0.6 is 11.6 Å². The van der Waals surface area contributed by atoms with E-state index in [9.17, 15) is 28.2 Å². The van der Waals surface area contributed by atoms with Gasteiger partial charge in [-0.15, -0.1) is 11.6 Å². The molecule has 0 unspecified atom stereocenters. The number of carbonyl (C=O) groups is 2. The molecular formula is C23H29ClF3N3O6. The number of rotatable bonds is 12. The number of alkyl halides is 4. The molecular weight excluding hydrogens is 507 g/mol. The molecule has 0 heterocycles. The Hall–Kier alpha value is -3.06. The van der Waals surface area contributed by atoms with E-state index in [0.29, 0.717) is 36.8 Å².